The number of carbonyl (C=O) groups is 1. The van der Waals surface area contributed by atoms with Crippen LogP contribution in [0.2, 0.25) is 0 Å². The van der Waals surface area contributed by atoms with Crippen LogP contribution in [-0.2, 0) is 20.5 Å². The third-order valence-corrected chi connectivity index (χ3v) is 15.3. The molecule has 0 saturated heterocycles. The van der Waals surface area contributed by atoms with Crippen LogP contribution in [0.4, 0.5) is 5.69 Å². The van der Waals surface area contributed by atoms with Gasteiger partial charge in [-0.15, -0.1) is 0 Å². The first-order valence-electron chi connectivity index (χ1n) is 17.7. The fraction of sp³-hybridized carbons (Fsp3) is 0.488. The first kappa shape index (κ1) is 38.4. The molecule has 0 aromatic heterocycles. The zero-order chi connectivity index (χ0) is 33.3. The molecule has 0 heterocycles. The molecule has 0 bridgehead atoms. The molecule has 47 heavy (non-hydrogen) atoms. The van der Waals surface area contributed by atoms with Crippen molar-refractivity contribution < 1.29 is 20.5 Å². The molecule has 255 valence electrons. The van der Waals surface area contributed by atoms with Crippen molar-refractivity contribution in [3.8, 4) is 0 Å². The molecule has 0 atom stereocenters. The van der Waals surface area contributed by atoms with Crippen molar-refractivity contribution in [3.05, 3.63) is 99.7 Å². The molecule has 0 amide bonds. The molecule has 0 spiro atoms. The molecule has 2 nitrogen and oxygen atoms in total. The fourth-order valence-corrected chi connectivity index (χ4v) is 13.5. The van der Waals surface area contributed by atoms with Crippen molar-refractivity contribution in [2.45, 2.75) is 127 Å². The average Bonchev–Trinajstić information content (AvgIpc) is 3.10. The van der Waals surface area contributed by atoms with Crippen molar-refractivity contribution in [2.75, 3.05) is 5.32 Å². The molecule has 3 saturated carbocycles. The third kappa shape index (κ3) is 13.1. The van der Waals surface area contributed by atoms with Gasteiger partial charge in [-0.25, -0.2) is 0 Å². The van der Waals surface area contributed by atoms with Gasteiger partial charge in [0, 0.05) is 21.9 Å². The number of nitrogens with one attached hydrogen (secondary N) is 1. The van der Waals surface area contributed by atoms with Crippen molar-refractivity contribution in [3.63, 3.8) is 0 Å². The molecule has 3 fully saturated rings. The molecule has 6 heteroatoms. The summed E-state index contributed by atoms with van der Waals surface area (Å²) in [5.41, 5.74) is 8.72. The number of halogens is 2. The Labute approximate surface area is 306 Å². The standard InChI is InChI=1S/C18H33P.C15H14BrNO.C8H6.ClH.Ru/c1-4-10-16(11-5-1)19(17-12-6-2-7-13-17)18-14-8-3-9-15-18;1-10-7-13(16)8-11(2)15(10)17-9-12-5-3-4-6-14(12)18;1-2-8-6-4-3-5-7-8;;/h16-18H,1-15H2;3-9,17H,1-2H3;2-7H;1H;/q;;;;+1/p-1/b;12-9-;;;. The monoisotopic (exact) mass is 822 g/mol. The van der Waals surface area contributed by atoms with Crippen molar-refractivity contribution in [1.82, 2.24) is 0 Å². The zero-order valence-corrected chi connectivity index (χ0v) is 33.3. The first-order chi connectivity index (χ1) is 23.0. The number of aryl methyl sites for hydroxylation is 2. The number of ketones is 1. The van der Waals surface area contributed by atoms with Crippen LogP contribution >= 0.6 is 33.5 Å². The zero-order valence-electron chi connectivity index (χ0n) is 28.3. The van der Waals surface area contributed by atoms with Crippen LogP contribution in [0, 0.1) is 13.8 Å². The number of rotatable bonds is 6. The van der Waals surface area contributed by atoms with E-state index < -0.39 is 0 Å². The molecule has 2 aromatic rings. The Hall–Kier alpha value is -1.40. The van der Waals surface area contributed by atoms with Gasteiger partial charge in [0.1, 0.15) is 0 Å². The summed E-state index contributed by atoms with van der Waals surface area (Å²) in [6.45, 7) is 4.08. The number of allylic oxidation sites excluding steroid dienone is 5. The fourth-order valence-electron chi connectivity index (χ4n) is 7.55. The molecule has 4 aliphatic carbocycles. The van der Waals surface area contributed by atoms with E-state index in [-0.39, 0.29) is 21.5 Å². The van der Waals surface area contributed by atoms with Crippen molar-refractivity contribution in [2.24, 2.45) is 0 Å². The van der Waals surface area contributed by atoms with E-state index in [1.54, 1.807) is 101 Å². The maximum atomic E-state index is 11.6. The Morgan fingerprint density at radius 2 is 1.28 bits per heavy atom. The van der Waals surface area contributed by atoms with E-state index in [0.29, 0.717) is 13.5 Å². The number of anilines is 1. The van der Waals surface area contributed by atoms with Gasteiger partial charge in [-0.3, -0.25) is 4.79 Å². The van der Waals surface area contributed by atoms with Gasteiger partial charge in [0.05, 0.1) is 0 Å². The summed E-state index contributed by atoms with van der Waals surface area (Å²) in [5, 5.41) is 3.22. The predicted octanol–water partition coefficient (Wildman–Crippen LogP) is 12.9. The maximum absolute atomic E-state index is 11.6. The van der Waals surface area contributed by atoms with Crippen LogP contribution in [0.15, 0.2) is 83.0 Å². The van der Waals surface area contributed by atoms with Gasteiger partial charge in [-0.05, 0) is 105 Å². The SMILES string of the molecule is C1CCC(P(C2CCCCC2)C2CCCCC2)CC1.Cc1cc(Br)cc(C)c1N/C=C1/C=CC=CC1=O.[Cl][Ru]=[C]=Cc1ccccc1. The van der Waals surface area contributed by atoms with Crippen LogP contribution < -0.4 is 5.32 Å². The third-order valence-electron chi connectivity index (χ3n) is 9.83. The molecule has 1 N–H and O–H groups in total. The minimum absolute atomic E-state index is 0.0254. The average molecular weight is 823 g/mol. The van der Waals surface area contributed by atoms with E-state index in [0.717, 1.165) is 26.9 Å². The molecule has 0 aliphatic heterocycles. The summed E-state index contributed by atoms with van der Waals surface area (Å²) in [6, 6.07) is 14.1. The summed E-state index contributed by atoms with van der Waals surface area (Å²) in [5.74, 6) is 0.0254. The molecule has 2 aromatic carbocycles. The molecular formula is C41H53BrClNOPRu. The molecule has 0 unspecified atom stereocenters. The Bertz CT molecular complexity index is 1350. The molecular weight excluding hydrogens is 770 g/mol. The molecule has 4 aliphatic rings. The summed E-state index contributed by atoms with van der Waals surface area (Å²) in [6.07, 6.45) is 34.3. The summed E-state index contributed by atoms with van der Waals surface area (Å²) < 4.78 is 4.06. The van der Waals surface area contributed by atoms with Crippen molar-refractivity contribution in [1.29, 1.82) is 0 Å². The second-order valence-corrected chi connectivity index (χ2v) is 18.9. The normalized spacial score (nSPS) is 19.8. The topological polar surface area (TPSA) is 29.1 Å². The molecule has 6 rings (SSSR count). The summed E-state index contributed by atoms with van der Waals surface area (Å²) in [4.78, 5) is 11.6. The van der Waals surface area contributed by atoms with E-state index in [1.807, 2.05) is 68.5 Å². The first-order valence-corrected chi connectivity index (χ1v) is 23.2. The summed E-state index contributed by atoms with van der Waals surface area (Å²) >= 11 is 3.26. The quantitative estimate of drug-likeness (QED) is 0.179. The van der Waals surface area contributed by atoms with E-state index in [4.69, 9.17) is 9.69 Å². The molecule has 0 radical (unpaired) electrons. The Balaban J connectivity index is 0.000000168. The van der Waals surface area contributed by atoms with E-state index in [9.17, 15) is 4.79 Å². The van der Waals surface area contributed by atoms with Crippen LogP contribution in [0.25, 0.3) is 6.08 Å². The van der Waals surface area contributed by atoms with E-state index in [1.165, 1.54) is 36.2 Å². The van der Waals surface area contributed by atoms with Gasteiger partial charge in [-0.1, -0.05) is 93.8 Å². The minimum atomic E-state index is -0.205. The van der Waals surface area contributed by atoms with Crippen LogP contribution in [-0.4, -0.2) is 27.0 Å². The van der Waals surface area contributed by atoms with Gasteiger partial charge >= 0.3 is 71.6 Å². The Morgan fingerprint density at radius 1 is 0.787 bits per heavy atom. The van der Waals surface area contributed by atoms with Crippen LogP contribution in [0.5, 0.6) is 0 Å². The van der Waals surface area contributed by atoms with E-state index in [2.05, 4.69) is 25.5 Å². The van der Waals surface area contributed by atoms with Gasteiger partial charge < -0.3 is 5.32 Å². The second-order valence-electron chi connectivity index (χ2n) is 13.3. The Morgan fingerprint density at radius 3 is 1.74 bits per heavy atom. The predicted molar refractivity (Wildman–Crippen MR) is 208 cm³/mol. The van der Waals surface area contributed by atoms with Gasteiger partial charge in [0.2, 0.25) is 0 Å². The van der Waals surface area contributed by atoms with Crippen molar-refractivity contribution >= 4 is 55.4 Å². The summed E-state index contributed by atoms with van der Waals surface area (Å²) in [7, 11) is 5.88. The number of carbonyl (C=O) groups excluding carboxylic acids is 1. The van der Waals surface area contributed by atoms with Crippen LogP contribution in [0.1, 0.15) is 113 Å². The number of hydrogen-bond acceptors (Lipinski definition) is 2. The van der Waals surface area contributed by atoms with Gasteiger partial charge in [0.25, 0.3) is 0 Å². The van der Waals surface area contributed by atoms with Gasteiger partial charge in [-0.2, -0.15) is 0 Å². The van der Waals surface area contributed by atoms with E-state index >= 15 is 0 Å². The Kier molecular flexibility index (Phi) is 17.7. The number of benzene rings is 2. The van der Waals surface area contributed by atoms with Gasteiger partial charge in [0.15, 0.2) is 5.78 Å². The second kappa shape index (κ2) is 21.6. The number of hydrogen-bond donors (Lipinski definition) is 1. The van der Waals surface area contributed by atoms with Crippen LogP contribution in [0.3, 0.4) is 0 Å².